The third-order valence-electron chi connectivity index (χ3n) is 8.35. The van der Waals surface area contributed by atoms with Crippen LogP contribution in [0.15, 0.2) is 24.5 Å². The lowest BCUT2D eigenvalue weighted by Gasteiger charge is -2.26. The van der Waals surface area contributed by atoms with Gasteiger partial charge in [0.2, 0.25) is 11.8 Å². The van der Waals surface area contributed by atoms with Crippen LogP contribution in [0.1, 0.15) is 55.4 Å². The Kier molecular flexibility index (Phi) is 12.1. The van der Waals surface area contributed by atoms with Crippen LogP contribution in [0.5, 0.6) is 0 Å². The van der Waals surface area contributed by atoms with Crippen LogP contribution in [0.3, 0.4) is 0 Å². The number of ether oxygens (including phenoxy) is 2. The molecule has 2 aromatic rings. The van der Waals surface area contributed by atoms with Gasteiger partial charge in [0.05, 0.1) is 6.20 Å². The summed E-state index contributed by atoms with van der Waals surface area (Å²) in [5.41, 5.74) is -0.893. The van der Waals surface area contributed by atoms with Crippen LogP contribution in [-0.2, 0) is 19.1 Å². The molecule has 0 bridgehead atoms. The van der Waals surface area contributed by atoms with Crippen molar-refractivity contribution in [2.24, 2.45) is 23.7 Å². The van der Waals surface area contributed by atoms with Crippen LogP contribution in [0, 0.1) is 23.7 Å². The summed E-state index contributed by atoms with van der Waals surface area (Å²) in [5.74, 6) is 2.41. The van der Waals surface area contributed by atoms with E-state index in [0.29, 0.717) is 49.7 Å². The van der Waals surface area contributed by atoms with Gasteiger partial charge >= 0.3 is 18.2 Å². The average Bonchev–Trinajstić information content (AvgIpc) is 3.80. The molecule has 6 heterocycles. The van der Waals surface area contributed by atoms with E-state index in [0.717, 1.165) is 26.2 Å². The SMILES string of the molecule is CC(=O)Nc1ccn(C(=O)N2CC3CN(C(=O)OC(C)(C)C)CC3C2)n1.CC(=O)Nc1ccn[nH]1.CC(C)(C)OC(=O)N1CC2CNCC2C1. The van der Waals surface area contributed by atoms with Crippen molar-refractivity contribution >= 4 is 41.7 Å². The van der Waals surface area contributed by atoms with Crippen molar-refractivity contribution in [1.82, 2.24) is 40.0 Å². The second kappa shape index (κ2) is 15.9. The molecule has 50 heavy (non-hydrogen) atoms. The highest BCUT2D eigenvalue weighted by molar-refractivity contribution is 5.88. The minimum atomic E-state index is -0.511. The maximum atomic E-state index is 12.6. The summed E-state index contributed by atoms with van der Waals surface area (Å²) < 4.78 is 12.0. The van der Waals surface area contributed by atoms with E-state index in [4.69, 9.17) is 9.47 Å². The van der Waals surface area contributed by atoms with Gasteiger partial charge in [0.1, 0.15) is 17.0 Å². The number of likely N-dealkylation sites (tertiary alicyclic amines) is 3. The number of aromatic nitrogens is 4. The second-order valence-electron chi connectivity index (χ2n) is 15.1. The van der Waals surface area contributed by atoms with Crippen molar-refractivity contribution in [3.8, 4) is 0 Å². The molecular weight excluding hydrogens is 648 g/mol. The number of H-pyrrole nitrogens is 1. The fraction of sp³-hybridized carbons (Fsp3) is 0.667. The molecule has 4 saturated heterocycles. The Bertz CT molecular complexity index is 1470. The summed E-state index contributed by atoms with van der Waals surface area (Å²) in [4.78, 5) is 63.3. The summed E-state index contributed by atoms with van der Waals surface area (Å²) in [6.07, 6.45) is 2.66. The number of hydrogen-bond donors (Lipinski definition) is 4. The molecule has 4 unspecified atom stereocenters. The van der Waals surface area contributed by atoms with E-state index in [-0.39, 0.29) is 47.5 Å². The van der Waals surface area contributed by atoms with Crippen LogP contribution >= 0.6 is 0 Å². The lowest BCUT2D eigenvalue weighted by Crippen LogP contribution is -2.39. The minimum Gasteiger partial charge on any atom is -0.444 e. The fourth-order valence-electron chi connectivity index (χ4n) is 6.29. The van der Waals surface area contributed by atoms with Gasteiger partial charge in [-0.05, 0) is 53.4 Å². The zero-order valence-corrected chi connectivity index (χ0v) is 30.3. The van der Waals surface area contributed by atoms with Crippen LogP contribution in [0.25, 0.3) is 0 Å². The number of anilines is 2. The van der Waals surface area contributed by atoms with Crippen LogP contribution < -0.4 is 16.0 Å². The highest BCUT2D eigenvalue weighted by Crippen LogP contribution is 2.32. The molecule has 0 spiro atoms. The van der Waals surface area contributed by atoms with Crippen molar-refractivity contribution in [2.75, 3.05) is 63.0 Å². The molecule has 4 aliphatic heterocycles. The van der Waals surface area contributed by atoms with E-state index in [1.807, 2.05) is 46.4 Å². The molecule has 276 valence electrons. The monoisotopic (exact) mass is 700 g/mol. The zero-order valence-electron chi connectivity index (χ0n) is 30.3. The van der Waals surface area contributed by atoms with Crippen molar-refractivity contribution in [3.05, 3.63) is 24.5 Å². The van der Waals surface area contributed by atoms with Crippen molar-refractivity contribution in [3.63, 3.8) is 0 Å². The predicted molar refractivity (Wildman–Crippen MR) is 184 cm³/mol. The Labute approximate surface area is 292 Å². The predicted octanol–water partition coefficient (Wildman–Crippen LogP) is 3.05. The zero-order chi connectivity index (χ0) is 36.8. The fourth-order valence-corrected chi connectivity index (χ4v) is 6.29. The van der Waals surface area contributed by atoms with E-state index in [2.05, 4.69) is 31.2 Å². The first kappa shape index (κ1) is 38.1. The number of nitrogens with one attached hydrogen (secondary N) is 4. The first-order valence-electron chi connectivity index (χ1n) is 16.9. The Morgan fingerprint density at radius 3 is 1.64 bits per heavy atom. The number of nitrogens with zero attached hydrogens (tertiary/aromatic N) is 6. The van der Waals surface area contributed by atoms with Crippen molar-refractivity contribution in [2.45, 2.75) is 66.6 Å². The Hall–Kier alpha value is -4.67. The van der Waals surface area contributed by atoms with Crippen molar-refractivity contribution < 1.29 is 33.4 Å². The quantitative estimate of drug-likeness (QED) is 0.362. The van der Waals surface area contributed by atoms with Crippen molar-refractivity contribution in [1.29, 1.82) is 0 Å². The molecule has 0 saturated carbocycles. The van der Waals surface area contributed by atoms with Gasteiger partial charge in [0, 0.05) is 96.4 Å². The molecule has 0 aliphatic carbocycles. The largest absolute Gasteiger partial charge is 0.444 e. The summed E-state index contributed by atoms with van der Waals surface area (Å²) >= 11 is 0. The standard InChI is InChI=1S/C17H25N5O4.C11H20N2O2.C5H7N3O/c1-11(23)18-14-5-6-22(19-14)15(24)20-7-12-9-21(10-13(12)8-20)16(25)26-17(2,3)4;1-11(2,3)15-10(14)13-6-8-4-12-5-9(8)7-13;1-4(9)7-5-2-3-6-8-5/h5-6,12-13H,7-10H2,1-4H3,(H,18,19,23);8-9,12H,4-7H2,1-3H3;2-3H,1H3,(H2,6,7,8,9). The molecule has 2 aromatic heterocycles. The van der Waals surface area contributed by atoms with Gasteiger partial charge in [-0.2, -0.15) is 9.78 Å². The van der Waals surface area contributed by atoms with E-state index in [1.165, 1.54) is 24.7 Å². The summed E-state index contributed by atoms with van der Waals surface area (Å²) in [7, 11) is 0. The number of aromatic amines is 1. The molecule has 4 atom stereocenters. The number of carbonyl (C=O) groups excluding carboxylic acids is 5. The first-order valence-corrected chi connectivity index (χ1v) is 16.9. The summed E-state index contributed by atoms with van der Waals surface area (Å²) in [6.45, 7) is 20.3. The number of amides is 5. The lowest BCUT2D eigenvalue weighted by atomic mass is 10.0. The van der Waals surface area contributed by atoms with E-state index >= 15 is 0 Å². The smallest absolute Gasteiger partial charge is 0.410 e. The molecule has 6 rings (SSSR count). The lowest BCUT2D eigenvalue weighted by molar-refractivity contribution is -0.115. The molecule has 4 aliphatic rings. The normalized spacial score (nSPS) is 22.4. The van der Waals surface area contributed by atoms with Gasteiger partial charge in [-0.1, -0.05) is 0 Å². The Balaban J connectivity index is 0.000000195. The molecular formula is C33H52N10O7. The maximum absolute atomic E-state index is 12.6. The molecule has 5 amide bonds. The molecule has 0 aromatic carbocycles. The van der Waals surface area contributed by atoms with Crippen LogP contribution in [0.2, 0.25) is 0 Å². The molecule has 4 N–H and O–H groups in total. The summed E-state index contributed by atoms with van der Waals surface area (Å²) in [6, 6.07) is 3.04. The number of carbonyl (C=O) groups is 5. The van der Waals surface area contributed by atoms with E-state index < -0.39 is 5.60 Å². The maximum Gasteiger partial charge on any atom is 0.410 e. The highest BCUT2D eigenvalue weighted by atomic mass is 16.6. The topological polar surface area (TPSA) is 196 Å². The van der Waals surface area contributed by atoms with E-state index in [9.17, 15) is 24.0 Å². The minimum absolute atomic E-state index is 0.0979. The van der Waals surface area contributed by atoms with Crippen LogP contribution in [-0.4, -0.2) is 128 Å². The molecule has 17 heteroatoms. The molecule has 17 nitrogen and oxygen atoms in total. The number of fused-ring (bicyclic) bond motifs is 2. The van der Waals surface area contributed by atoms with Gasteiger partial charge in [0.25, 0.3) is 0 Å². The third-order valence-corrected chi connectivity index (χ3v) is 8.35. The molecule has 4 fully saturated rings. The Morgan fingerprint density at radius 1 is 0.720 bits per heavy atom. The molecule has 0 radical (unpaired) electrons. The number of hydrogen-bond acceptors (Lipinski definition) is 10. The van der Waals surface area contributed by atoms with E-state index in [1.54, 1.807) is 28.1 Å². The van der Waals surface area contributed by atoms with Gasteiger partial charge in [-0.25, -0.2) is 14.4 Å². The summed E-state index contributed by atoms with van der Waals surface area (Å²) in [5, 5.41) is 18.7. The van der Waals surface area contributed by atoms with Gasteiger partial charge in [-0.3, -0.25) is 14.7 Å². The first-order chi connectivity index (χ1) is 23.4. The third kappa shape index (κ3) is 11.2. The second-order valence-corrected chi connectivity index (χ2v) is 15.1. The van der Waals surface area contributed by atoms with Gasteiger partial charge < -0.3 is 40.1 Å². The average molecular weight is 701 g/mol. The van der Waals surface area contributed by atoms with Gasteiger partial charge in [0.15, 0.2) is 5.82 Å². The highest BCUT2D eigenvalue weighted by Gasteiger charge is 2.44. The van der Waals surface area contributed by atoms with Crippen LogP contribution in [0.4, 0.5) is 26.0 Å². The van der Waals surface area contributed by atoms with Gasteiger partial charge in [-0.15, -0.1) is 5.10 Å². The Morgan fingerprint density at radius 2 is 1.20 bits per heavy atom. The number of rotatable bonds is 2.